The van der Waals surface area contributed by atoms with Gasteiger partial charge in [0.25, 0.3) is 10.0 Å². The summed E-state index contributed by atoms with van der Waals surface area (Å²) in [6.07, 6.45) is 0. The van der Waals surface area contributed by atoms with E-state index in [1.165, 1.54) is 7.11 Å². The minimum atomic E-state index is -4.20. The van der Waals surface area contributed by atoms with Gasteiger partial charge >= 0.3 is 0 Å². The van der Waals surface area contributed by atoms with Crippen molar-refractivity contribution < 1.29 is 21.9 Å². The summed E-state index contributed by atoms with van der Waals surface area (Å²) in [6, 6.07) is 4.08. The van der Waals surface area contributed by atoms with E-state index in [1.807, 2.05) is 0 Å². The van der Waals surface area contributed by atoms with Crippen molar-refractivity contribution in [2.45, 2.75) is 5.03 Å². The Labute approximate surface area is 107 Å². The first kappa shape index (κ1) is 13.3. The van der Waals surface area contributed by atoms with Gasteiger partial charge in [-0.25, -0.2) is 13.9 Å². The number of H-pyrrole nitrogens is 1. The number of aromatic nitrogens is 2. The Morgan fingerprint density at radius 2 is 1.95 bits per heavy atom. The van der Waals surface area contributed by atoms with Crippen molar-refractivity contribution in [3.05, 3.63) is 35.9 Å². The molecular formula is C10H9F2N3O3S. The highest BCUT2D eigenvalue weighted by Crippen LogP contribution is 2.22. The maximum Gasteiger partial charge on any atom is 0.281 e. The average molecular weight is 289 g/mol. The Hall–Kier alpha value is -2.16. The first-order chi connectivity index (χ1) is 8.94. The molecule has 0 spiro atoms. The second kappa shape index (κ2) is 4.84. The summed E-state index contributed by atoms with van der Waals surface area (Å²) in [5.74, 6) is -1.94. The van der Waals surface area contributed by atoms with E-state index in [0.717, 1.165) is 24.3 Å². The zero-order valence-electron chi connectivity index (χ0n) is 9.65. The van der Waals surface area contributed by atoms with Crippen molar-refractivity contribution in [1.82, 2.24) is 10.2 Å². The summed E-state index contributed by atoms with van der Waals surface area (Å²) in [4.78, 5) is 0. The molecule has 1 aromatic carbocycles. The molecule has 0 fully saturated rings. The van der Waals surface area contributed by atoms with Gasteiger partial charge in [0.15, 0.2) is 0 Å². The van der Waals surface area contributed by atoms with Gasteiger partial charge in [-0.05, 0) is 12.1 Å². The fourth-order valence-electron chi connectivity index (χ4n) is 1.31. The monoisotopic (exact) mass is 289 g/mol. The normalized spacial score (nSPS) is 11.3. The molecule has 9 heteroatoms. The average Bonchev–Trinajstić information content (AvgIpc) is 2.83. The standard InChI is InChI=1S/C10H9F2N3O3S/c1-18-8-5-9(14-13-8)19(16,17)15-10-6(11)3-2-4-7(10)12/h2-5,15H,1H3,(H,13,14). The number of benzene rings is 1. The number of ether oxygens (including phenoxy) is 1. The number of hydrogen-bond donors (Lipinski definition) is 2. The second-order valence-electron chi connectivity index (χ2n) is 3.48. The number of halogens is 2. The Morgan fingerprint density at radius 1 is 1.32 bits per heavy atom. The SMILES string of the molecule is COc1cc(S(=O)(=O)Nc2c(F)cccc2F)n[nH]1. The Kier molecular flexibility index (Phi) is 3.38. The predicted molar refractivity (Wildman–Crippen MR) is 62.3 cm³/mol. The molecule has 2 rings (SSSR count). The molecule has 0 amide bonds. The highest BCUT2D eigenvalue weighted by molar-refractivity contribution is 7.92. The first-order valence-corrected chi connectivity index (χ1v) is 6.48. The van der Waals surface area contributed by atoms with E-state index >= 15 is 0 Å². The van der Waals surface area contributed by atoms with Crippen LogP contribution in [0.25, 0.3) is 0 Å². The van der Waals surface area contributed by atoms with Crippen molar-refractivity contribution in [2.24, 2.45) is 0 Å². The van der Waals surface area contributed by atoms with Gasteiger partial charge in [0.1, 0.15) is 17.3 Å². The van der Waals surface area contributed by atoms with Crippen LogP contribution in [-0.2, 0) is 10.0 Å². The lowest BCUT2D eigenvalue weighted by molar-refractivity contribution is 0.397. The van der Waals surface area contributed by atoms with Gasteiger partial charge in [-0.2, -0.15) is 13.5 Å². The number of rotatable bonds is 4. The summed E-state index contributed by atoms with van der Waals surface area (Å²) in [7, 11) is -2.89. The molecule has 19 heavy (non-hydrogen) atoms. The number of hydrogen-bond acceptors (Lipinski definition) is 4. The summed E-state index contributed by atoms with van der Waals surface area (Å²) in [6.45, 7) is 0. The Morgan fingerprint density at radius 3 is 2.47 bits per heavy atom. The van der Waals surface area contributed by atoms with E-state index < -0.39 is 32.4 Å². The van der Waals surface area contributed by atoms with E-state index in [0.29, 0.717) is 0 Å². The van der Waals surface area contributed by atoms with E-state index in [1.54, 1.807) is 4.72 Å². The number of nitrogens with zero attached hydrogens (tertiary/aromatic N) is 1. The minimum absolute atomic E-state index is 0.106. The molecule has 2 N–H and O–H groups in total. The Balaban J connectivity index is 2.36. The van der Waals surface area contributed by atoms with Crippen LogP contribution >= 0.6 is 0 Å². The molecule has 0 radical (unpaired) electrons. The molecule has 0 aliphatic rings. The number of para-hydroxylation sites is 1. The molecule has 0 atom stereocenters. The van der Waals surface area contributed by atoms with Gasteiger partial charge in [-0.1, -0.05) is 6.07 Å². The van der Waals surface area contributed by atoms with Crippen LogP contribution in [0.15, 0.2) is 29.3 Å². The van der Waals surface area contributed by atoms with E-state index in [-0.39, 0.29) is 5.88 Å². The summed E-state index contributed by atoms with van der Waals surface area (Å²) >= 11 is 0. The lowest BCUT2D eigenvalue weighted by atomic mass is 10.3. The van der Waals surface area contributed by atoms with Gasteiger partial charge in [0.2, 0.25) is 10.9 Å². The van der Waals surface area contributed by atoms with Crippen molar-refractivity contribution >= 4 is 15.7 Å². The van der Waals surface area contributed by atoms with Gasteiger partial charge in [-0.3, -0.25) is 4.72 Å². The number of methoxy groups -OCH3 is 1. The largest absolute Gasteiger partial charge is 0.481 e. The van der Waals surface area contributed by atoms with Crippen LogP contribution in [0.1, 0.15) is 0 Å². The van der Waals surface area contributed by atoms with Gasteiger partial charge in [-0.15, -0.1) is 0 Å². The molecule has 102 valence electrons. The van der Waals surface area contributed by atoms with Crippen LogP contribution in [0.4, 0.5) is 14.5 Å². The molecule has 6 nitrogen and oxygen atoms in total. The first-order valence-electron chi connectivity index (χ1n) is 5.00. The molecule has 0 saturated heterocycles. The lowest BCUT2D eigenvalue weighted by Crippen LogP contribution is -2.15. The topological polar surface area (TPSA) is 84.1 Å². The highest BCUT2D eigenvalue weighted by Gasteiger charge is 2.22. The van der Waals surface area contributed by atoms with Crippen LogP contribution in [0.3, 0.4) is 0 Å². The van der Waals surface area contributed by atoms with Crippen molar-refractivity contribution in [2.75, 3.05) is 11.8 Å². The fourth-order valence-corrected chi connectivity index (χ4v) is 2.31. The van der Waals surface area contributed by atoms with Crippen LogP contribution in [0.2, 0.25) is 0 Å². The van der Waals surface area contributed by atoms with Gasteiger partial charge < -0.3 is 4.74 Å². The van der Waals surface area contributed by atoms with Crippen LogP contribution in [0, 0.1) is 11.6 Å². The van der Waals surface area contributed by atoms with Crippen LogP contribution in [0.5, 0.6) is 5.88 Å². The molecule has 1 aromatic heterocycles. The molecular weight excluding hydrogens is 280 g/mol. The fraction of sp³-hybridized carbons (Fsp3) is 0.100. The van der Waals surface area contributed by atoms with Crippen LogP contribution < -0.4 is 9.46 Å². The third-order valence-corrected chi connectivity index (χ3v) is 3.46. The molecule has 0 aliphatic carbocycles. The van der Waals surface area contributed by atoms with Gasteiger partial charge in [0.05, 0.1) is 7.11 Å². The number of anilines is 1. The van der Waals surface area contributed by atoms with Crippen molar-refractivity contribution in [3.8, 4) is 5.88 Å². The maximum atomic E-state index is 13.3. The lowest BCUT2D eigenvalue weighted by Gasteiger charge is -2.07. The molecule has 0 unspecified atom stereocenters. The summed E-state index contributed by atoms with van der Waals surface area (Å²) in [5.41, 5.74) is -0.760. The third kappa shape index (κ3) is 2.65. The molecule has 0 aliphatic heterocycles. The molecule has 2 aromatic rings. The van der Waals surface area contributed by atoms with Gasteiger partial charge in [0, 0.05) is 6.07 Å². The second-order valence-corrected chi connectivity index (χ2v) is 5.11. The van der Waals surface area contributed by atoms with Crippen molar-refractivity contribution in [1.29, 1.82) is 0 Å². The Bertz CT molecular complexity index is 680. The number of nitrogens with one attached hydrogen (secondary N) is 2. The number of aromatic amines is 1. The maximum absolute atomic E-state index is 13.3. The summed E-state index contributed by atoms with van der Waals surface area (Å²) in [5, 5.41) is 5.33. The number of sulfonamides is 1. The third-order valence-electron chi connectivity index (χ3n) is 2.23. The van der Waals surface area contributed by atoms with E-state index in [2.05, 4.69) is 10.2 Å². The molecule has 0 saturated carbocycles. The highest BCUT2D eigenvalue weighted by atomic mass is 32.2. The zero-order valence-corrected chi connectivity index (χ0v) is 10.5. The van der Waals surface area contributed by atoms with E-state index in [9.17, 15) is 17.2 Å². The molecule has 1 heterocycles. The van der Waals surface area contributed by atoms with E-state index in [4.69, 9.17) is 4.74 Å². The minimum Gasteiger partial charge on any atom is -0.481 e. The molecule has 0 bridgehead atoms. The smallest absolute Gasteiger partial charge is 0.281 e. The zero-order chi connectivity index (χ0) is 14.0. The summed E-state index contributed by atoms with van der Waals surface area (Å²) < 4.78 is 56.9. The predicted octanol–water partition coefficient (Wildman–Crippen LogP) is 1.50. The van der Waals surface area contributed by atoms with Crippen molar-refractivity contribution in [3.63, 3.8) is 0 Å². The van der Waals surface area contributed by atoms with Crippen LogP contribution in [-0.4, -0.2) is 25.7 Å². The quantitative estimate of drug-likeness (QED) is 0.893.